The highest BCUT2D eigenvalue weighted by atomic mass is 35.5. The molecular weight excluding hydrogens is 328 g/mol. The second kappa shape index (κ2) is 6.75. The van der Waals surface area contributed by atoms with Gasteiger partial charge in [-0.3, -0.25) is 4.79 Å². The van der Waals surface area contributed by atoms with E-state index in [1.807, 2.05) is 0 Å². The number of benzene rings is 1. The molecule has 1 aromatic rings. The summed E-state index contributed by atoms with van der Waals surface area (Å²) in [5.41, 5.74) is 6.33. The van der Waals surface area contributed by atoms with Gasteiger partial charge < -0.3 is 15.8 Å². The molecule has 3 N–H and O–H groups in total. The molecule has 124 valence electrons. The third-order valence-corrected chi connectivity index (χ3v) is 4.73. The minimum Gasteiger partial charge on any atom is -0.497 e. The molecule has 1 fully saturated rings. The van der Waals surface area contributed by atoms with Gasteiger partial charge in [-0.05, 0) is 30.4 Å². The molecule has 2 rings (SSSR count). The fourth-order valence-corrected chi connectivity index (χ4v) is 3.91. The monoisotopic (exact) mass is 348 g/mol. The number of nitrogen functional groups attached to an aromatic ring is 1. The second-order valence-electron chi connectivity index (χ2n) is 5.75. The van der Waals surface area contributed by atoms with Gasteiger partial charge in [0, 0.05) is 18.7 Å². The quantitative estimate of drug-likeness (QED) is 0.764. The molecule has 6 nitrogen and oxygen atoms in total. The van der Waals surface area contributed by atoms with Gasteiger partial charge in [0.2, 0.25) is 5.91 Å². The third kappa shape index (κ3) is 5.06. The van der Waals surface area contributed by atoms with Crippen LogP contribution in [0.5, 0.6) is 5.75 Å². The van der Waals surface area contributed by atoms with E-state index in [1.54, 1.807) is 18.2 Å². The van der Waals surface area contributed by atoms with E-state index in [0.717, 1.165) is 12.8 Å². The number of rotatable bonds is 6. The van der Waals surface area contributed by atoms with Crippen molar-refractivity contribution in [1.29, 1.82) is 0 Å². The van der Waals surface area contributed by atoms with E-state index in [-0.39, 0.29) is 30.5 Å². The first-order valence-electron chi connectivity index (χ1n) is 6.64. The number of sulfone groups is 1. The zero-order valence-corrected chi connectivity index (χ0v) is 14.2. The maximum atomic E-state index is 12.1. The predicted molar refractivity (Wildman–Crippen MR) is 89.3 cm³/mol. The lowest BCUT2D eigenvalue weighted by atomic mass is 10.1. The Morgan fingerprint density at radius 2 is 2.05 bits per heavy atom. The lowest BCUT2D eigenvalue weighted by molar-refractivity contribution is -0.117. The van der Waals surface area contributed by atoms with Crippen LogP contribution in [0.15, 0.2) is 18.2 Å². The highest BCUT2D eigenvalue weighted by Crippen LogP contribution is 2.50. The molecule has 0 bridgehead atoms. The van der Waals surface area contributed by atoms with Crippen LogP contribution in [0.1, 0.15) is 19.3 Å². The van der Waals surface area contributed by atoms with Gasteiger partial charge in [0.25, 0.3) is 0 Å². The summed E-state index contributed by atoms with van der Waals surface area (Å²) in [7, 11) is -1.55. The van der Waals surface area contributed by atoms with Crippen molar-refractivity contribution in [3.05, 3.63) is 18.2 Å². The first kappa shape index (κ1) is 18.6. The Balaban J connectivity index is 0.00000242. The van der Waals surface area contributed by atoms with Crippen LogP contribution in [0.25, 0.3) is 0 Å². The number of hydrogen-bond acceptors (Lipinski definition) is 5. The molecule has 0 aromatic heterocycles. The van der Waals surface area contributed by atoms with E-state index < -0.39 is 15.3 Å². The van der Waals surface area contributed by atoms with Crippen molar-refractivity contribution < 1.29 is 17.9 Å². The number of carbonyl (C=O) groups excluding carboxylic acids is 1. The summed E-state index contributed by atoms with van der Waals surface area (Å²) >= 11 is 0. The van der Waals surface area contributed by atoms with Crippen molar-refractivity contribution in [2.24, 2.45) is 5.41 Å². The minimum absolute atomic E-state index is 0. The number of anilines is 2. The van der Waals surface area contributed by atoms with E-state index in [0.29, 0.717) is 17.1 Å². The van der Waals surface area contributed by atoms with Crippen molar-refractivity contribution in [3.63, 3.8) is 0 Å². The number of nitrogens with one attached hydrogen (secondary N) is 1. The van der Waals surface area contributed by atoms with E-state index in [1.165, 1.54) is 13.4 Å². The highest BCUT2D eigenvalue weighted by Gasteiger charge is 2.46. The molecule has 0 heterocycles. The summed E-state index contributed by atoms with van der Waals surface area (Å²) in [5.74, 6) is 0.425. The molecule has 0 unspecified atom stereocenters. The fraction of sp³-hybridized carbons (Fsp3) is 0.500. The lowest BCUT2D eigenvalue weighted by Crippen LogP contribution is -2.23. The van der Waals surface area contributed by atoms with Crippen molar-refractivity contribution in [2.45, 2.75) is 19.3 Å². The molecule has 1 amide bonds. The van der Waals surface area contributed by atoms with Gasteiger partial charge in [-0.2, -0.15) is 0 Å². The van der Waals surface area contributed by atoms with Gasteiger partial charge in [-0.25, -0.2) is 8.42 Å². The highest BCUT2D eigenvalue weighted by molar-refractivity contribution is 7.90. The second-order valence-corrected chi connectivity index (χ2v) is 7.89. The maximum absolute atomic E-state index is 12.1. The number of hydrogen-bond donors (Lipinski definition) is 2. The van der Waals surface area contributed by atoms with E-state index in [4.69, 9.17) is 10.5 Å². The number of halogens is 1. The Bertz CT molecular complexity index is 657. The van der Waals surface area contributed by atoms with Crippen molar-refractivity contribution >= 4 is 39.5 Å². The van der Waals surface area contributed by atoms with Gasteiger partial charge >= 0.3 is 0 Å². The fourth-order valence-electron chi connectivity index (χ4n) is 2.41. The van der Waals surface area contributed by atoms with E-state index in [9.17, 15) is 13.2 Å². The van der Waals surface area contributed by atoms with Crippen LogP contribution in [-0.2, 0) is 14.6 Å². The molecule has 1 aliphatic rings. The van der Waals surface area contributed by atoms with Crippen LogP contribution < -0.4 is 15.8 Å². The lowest BCUT2D eigenvalue weighted by Gasteiger charge is -2.15. The zero-order valence-electron chi connectivity index (χ0n) is 12.6. The zero-order chi connectivity index (χ0) is 15.7. The Morgan fingerprint density at radius 1 is 1.41 bits per heavy atom. The largest absolute Gasteiger partial charge is 0.497 e. The Hall–Kier alpha value is -1.47. The molecule has 0 aliphatic heterocycles. The Kier molecular flexibility index (Phi) is 5.70. The maximum Gasteiger partial charge on any atom is 0.225 e. The molecule has 1 aliphatic carbocycles. The number of amides is 1. The number of nitrogens with two attached hydrogens (primary N) is 1. The molecule has 0 atom stereocenters. The van der Waals surface area contributed by atoms with Gasteiger partial charge in [0.1, 0.15) is 15.6 Å². The van der Waals surface area contributed by atoms with Crippen LogP contribution in [0, 0.1) is 5.41 Å². The molecule has 0 saturated heterocycles. The summed E-state index contributed by atoms with van der Waals surface area (Å²) < 4.78 is 27.9. The molecule has 1 saturated carbocycles. The van der Waals surface area contributed by atoms with Crippen molar-refractivity contribution in [2.75, 3.05) is 30.2 Å². The first-order valence-corrected chi connectivity index (χ1v) is 8.70. The molecule has 0 spiro atoms. The van der Waals surface area contributed by atoms with Crippen LogP contribution in [0.2, 0.25) is 0 Å². The molecule has 0 radical (unpaired) electrons. The number of methoxy groups -OCH3 is 1. The summed E-state index contributed by atoms with van der Waals surface area (Å²) in [6.07, 6.45) is 2.92. The standard InChI is InChI=1S/C14H20N2O4S.ClH/c1-20-10-3-4-11(15)12(7-10)16-13(17)8-14(5-6-14)9-21(2,18)19;/h3-4,7H,5-6,8-9,15H2,1-2H3,(H,16,17);1H. The predicted octanol–water partition coefficient (Wildman–Crippen LogP) is 1.85. The van der Waals surface area contributed by atoms with E-state index >= 15 is 0 Å². The smallest absolute Gasteiger partial charge is 0.225 e. The van der Waals surface area contributed by atoms with Gasteiger partial charge in [0.05, 0.1) is 24.2 Å². The average Bonchev–Trinajstić information content (AvgIpc) is 3.08. The van der Waals surface area contributed by atoms with Crippen LogP contribution in [-0.4, -0.2) is 33.4 Å². The average molecular weight is 349 g/mol. The van der Waals surface area contributed by atoms with Crippen LogP contribution in [0.3, 0.4) is 0 Å². The normalized spacial score (nSPS) is 15.5. The van der Waals surface area contributed by atoms with Gasteiger partial charge in [-0.1, -0.05) is 0 Å². The molecule has 8 heteroatoms. The summed E-state index contributed by atoms with van der Waals surface area (Å²) in [6, 6.07) is 5.00. The number of ether oxygens (including phenoxy) is 1. The summed E-state index contributed by atoms with van der Waals surface area (Å²) in [6.45, 7) is 0. The molecule has 22 heavy (non-hydrogen) atoms. The summed E-state index contributed by atoms with van der Waals surface area (Å²) in [5, 5.41) is 2.73. The Morgan fingerprint density at radius 3 is 2.55 bits per heavy atom. The molecule has 1 aromatic carbocycles. The Labute approximate surface area is 136 Å². The van der Waals surface area contributed by atoms with Crippen LogP contribution >= 0.6 is 12.4 Å². The third-order valence-electron chi connectivity index (χ3n) is 3.60. The summed E-state index contributed by atoms with van der Waals surface area (Å²) in [4.78, 5) is 12.1. The van der Waals surface area contributed by atoms with Crippen molar-refractivity contribution in [3.8, 4) is 5.75 Å². The topological polar surface area (TPSA) is 98.5 Å². The molecular formula is C14H21ClN2O4S. The van der Waals surface area contributed by atoms with Crippen molar-refractivity contribution in [1.82, 2.24) is 0 Å². The number of carbonyl (C=O) groups is 1. The van der Waals surface area contributed by atoms with Gasteiger partial charge in [0.15, 0.2) is 0 Å². The minimum atomic E-state index is -3.08. The SMILES string of the molecule is COc1ccc(N)c(NC(=O)CC2(CS(C)(=O)=O)CC2)c1.Cl. The van der Waals surface area contributed by atoms with Crippen LogP contribution in [0.4, 0.5) is 11.4 Å². The van der Waals surface area contributed by atoms with E-state index in [2.05, 4.69) is 5.32 Å². The first-order chi connectivity index (χ1) is 9.73. The van der Waals surface area contributed by atoms with Gasteiger partial charge in [-0.15, -0.1) is 12.4 Å².